The Morgan fingerprint density at radius 2 is 1.92 bits per heavy atom. The van der Waals surface area contributed by atoms with E-state index in [4.69, 9.17) is 0 Å². The van der Waals surface area contributed by atoms with Gasteiger partial charge in [-0.1, -0.05) is 12.1 Å². The fraction of sp³-hybridized carbons (Fsp3) is 0.222. The van der Waals surface area contributed by atoms with E-state index in [1.54, 1.807) is 4.90 Å². The van der Waals surface area contributed by atoms with E-state index in [-0.39, 0.29) is 30.5 Å². The van der Waals surface area contributed by atoms with Crippen LogP contribution in [-0.2, 0) is 9.59 Å². The number of thioether (sulfide) groups is 1. The van der Waals surface area contributed by atoms with Gasteiger partial charge in [-0.2, -0.15) is 8.78 Å². The van der Waals surface area contributed by atoms with E-state index in [0.29, 0.717) is 11.4 Å². The van der Waals surface area contributed by atoms with E-state index in [9.17, 15) is 18.4 Å². The standard InChI is InChI=1S/C18H16F2N2O3S/c19-18(20)25-13-7-5-12(6-8-13)21-16(23)9-10-22-14-3-1-2-4-15(14)26-11-17(22)24/h1-8,18H,9-11H2,(H,21,23). The molecule has 2 aromatic carbocycles. The van der Waals surface area contributed by atoms with Gasteiger partial charge in [-0.05, 0) is 36.4 Å². The number of benzene rings is 2. The molecule has 1 aliphatic rings. The summed E-state index contributed by atoms with van der Waals surface area (Å²) in [7, 11) is 0. The quantitative estimate of drug-likeness (QED) is 0.832. The molecule has 0 atom stereocenters. The van der Waals surface area contributed by atoms with E-state index in [1.165, 1.54) is 36.0 Å². The zero-order valence-corrected chi connectivity index (χ0v) is 14.5. The van der Waals surface area contributed by atoms with Crippen molar-refractivity contribution in [3.05, 3.63) is 48.5 Å². The van der Waals surface area contributed by atoms with Gasteiger partial charge >= 0.3 is 6.61 Å². The summed E-state index contributed by atoms with van der Waals surface area (Å²) in [4.78, 5) is 26.9. The molecule has 3 rings (SSSR count). The van der Waals surface area contributed by atoms with Crippen LogP contribution in [0.15, 0.2) is 53.4 Å². The number of hydrogen-bond donors (Lipinski definition) is 1. The molecule has 0 saturated heterocycles. The van der Waals surface area contributed by atoms with Crippen molar-refractivity contribution in [2.45, 2.75) is 17.9 Å². The van der Waals surface area contributed by atoms with Crippen LogP contribution in [0.5, 0.6) is 5.75 Å². The van der Waals surface area contributed by atoms with Gasteiger partial charge in [0, 0.05) is 23.5 Å². The lowest BCUT2D eigenvalue weighted by molar-refractivity contribution is -0.117. The number of halogens is 2. The van der Waals surface area contributed by atoms with Crippen molar-refractivity contribution < 1.29 is 23.1 Å². The smallest absolute Gasteiger partial charge is 0.387 e. The SMILES string of the molecule is O=C(CCN1C(=O)CSc2ccccc21)Nc1ccc(OC(F)F)cc1. The molecule has 1 heterocycles. The maximum atomic E-state index is 12.2. The van der Waals surface area contributed by atoms with Gasteiger partial charge in [-0.25, -0.2) is 0 Å². The lowest BCUT2D eigenvalue weighted by Gasteiger charge is -2.28. The highest BCUT2D eigenvalue weighted by atomic mass is 32.2. The normalized spacial score (nSPS) is 13.5. The Balaban J connectivity index is 1.57. The highest BCUT2D eigenvalue weighted by Crippen LogP contribution is 2.34. The second kappa shape index (κ2) is 8.18. The van der Waals surface area contributed by atoms with Crippen LogP contribution < -0.4 is 15.0 Å². The van der Waals surface area contributed by atoms with Crippen molar-refractivity contribution >= 4 is 35.0 Å². The highest BCUT2D eigenvalue weighted by molar-refractivity contribution is 8.00. The van der Waals surface area contributed by atoms with Crippen LogP contribution in [0.1, 0.15) is 6.42 Å². The Morgan fingerprint density at radius 3 is 2.65 bits per heavy atom. The predicted octanol–water partition coefficient (Wildman–Crippen LogP) is 3.76. The third-order valence-corrected chi connectivity index (χ3v) is 4.78. The van der Waals surface area contributed by atoms with Crippen molar-refractivity contribution in [2.75, 3.05) is 22.5 Å². The Bertz CT molecular complexity index is 799. The molecule has 1 aliphatic heterocycles. The number of anilines is 2. The maximum absolute atomic E-state index is 12.2. The first-order valence-corrected chi connectivity index (χ1v) is 8.88. The minimum absolute atomic E-state index is 0.0195. The number of nitrogens with one attached hydrogen (secondary N) is 1. The molecule has 0 aromatic heterocycles. The van der Waals surface area contributed by atoms with Crippen LogP contribution >= 0.6 is 11.8 Å². The summed E-state index contributed by atoms with van der Waals surface area (Å²) in [6.45, 7) is -2.62. The number of rotatable bonds is 6. The van der Waals surface area contributed by atoms with Crippen molar-refractivity contribution in [3.63, 3.8) is 0 Å². The largest absolute Gasteiger partial charge is 0.435 e. The van der Waals surface area contributed by atoms with E-state index in [1.807, 2.05) is 24.3 Å². The summed E-state index contributed by atoms with van der Waals surface area (Å²) in [6, 6.07) is 13.2. The van der Waals surface area contributed by atoms with Crippen molar-refractivity contribution in [2.24, 2.45) is 0 Å². The summed E-state index contributed by atoms with van der Waals surface area (Å²) in [6.07, 6.45) is 0.125. The van der Waals surface area contributed by atoms with Crippen molar-refractivity contribution in [1.29, 1.82) is 0 Å². The minimum Gasteiger partial charge on any atom is -0.435 e. The van der Waals surface area contributed by atoms with Crippen LogP contribution in [0.3, 0.4) is 0 Å². The molecule has 0 fully saturated rings. The topological polar surface area (TPSA) is 58.6 Å². The van der Waals surface area contributed by atoms with E-state index in [2.05, 4.69) is 10.1 Å². The monoisotopic (exact) mass is 378 g/mol. The Labute approximate surface area is 153 Å². The number of alkyl halides is 2. The van der Waals surface area contributed by atoms with Crippen LogP contribution in [0.25, 0.3) is 0 Å². The molecule has 136 valence electrons. The van der Waals surface area contributed by atoms with Crippen LogP contribution in [0, 0.1) is 0 Å². The fourth-order valence-corrected chi connectivity index (χ4v) is 3.49. The molecule has 0 spiro atoms. The number of hydrogen-bond acceptors (Lipinski definition) is 4. The second-order valence-electron chi connectivity index (χ2n) is 5.50. The summed E-state index contributed by atoms with van der Waals surface area (Å²) < 4.78 is 28.5. The Kier molecular flexibility index (Phi) is 5.72. The molecule has 0 radical (unpaired) electrons. The van der Waals surface area contributed by atoms with Crippen molar-refractivity contribution in [1.82, 2.24) is 0 Å². The number of para-hydroxylation sites is 1. The Morgan fingerprint density at radius 1 is 1.19 bits per heavy atom. The average molecular weight is 378 g/mol. The number of ether oxygens (including phenoxy) is 1. The molecule has 26 heavy (non-hydrogen) atoms. The van der Waals surface area contributed by atoms with Gasteiger partial charge in [0.2, 0.25) is 11.8 Å². The summed E-state index contributed by atoms with van der Waals surface area (Å²) in [5.74, 6) is 0.0709. The van der Waals surface area contributed by atoms with Gasteiger partial charge in [0.15, 0.2) is 0 Å². The zero-order valence-electron chi connectivity index (χ0n) is 13.7. The molecular weight excluding hydrogens is 362 g/mol. The van der Waals surface area contributed by atoms with Crippen LogP contribution in [0.4, 0.5) is 20.2 Å². The highest BCUT2D eigenvalue weighted by Gasteiger charge is 2.24. The molecule has 2 aromatic rings. The number of carbonyl (C=O) groups excluding carboxylic acids is 2. The van der Waals surface area contributed by atoms with E-state index >= 15 is 0 Å². The predicted molar refractivity (Wildman–Crippen MR) is 95.8 cm³/mol. The van der Waals surface area contributed by atoms with Gasteiger partial charge in [-0.15, -0.1) is 11.8 Å². The molecule has 8 heteroatoms. The number of nitrogens with zero attached hydrogens (tertiary/aromatic N) is 1. The molecule has 1 N–H and O–H groups in total. The van der Waals surface area contributed by atoms with Crippen molar-refractivity contribution in [3.8, 4) is 5.75 Å². The number of fused-ring (bicyclic) bond motifs is 1. The first-order chi connectivity index (χ1) is 12.5. The second-order valence-corrected chi connectivity index (χ2v) is 6.52. The average Bonchev–Trinajstić information content (AvgIpc) is 2.62. The molecular formula is C18H16F2N2O3S. The minimum atomic E-state index is -2.89. The van der Waals surface area contributed by atoms with E-state index < -0.39 is 6.61 Å². The van der Waals surface area contributed by atoms with Gasteiger partial charge in [0.1, 0.15) is 5.75 Å². The van der Waals surface area contributed by atoms with Gasteiger partial charge in [-0.3, -0.25) is 9.59 Å². The zero-order chi connectivity index (χ0) is 18.5. The third-order valence-electron chi connectivity index (χ3n) is 3.73. The lowest BCUT2D eigenvalue weighted by atomic mass is 10.2. The molecule has 5 nitrogen and oxygen atoms in total. The van der Waals surface area contributed by atoms with Gasteiger partial charge < -0.3 is 15.0 Å². The van der Waals surface area contributed by atoms with Gasteiger partial charge in [0.05, 0.1) is 11.4 Å². The van der Waals surface area contributed by atoms with Gasteiger partial charge in [0.25, 0.3) is 0 Å². The first-order valence-electron chi connectivity index (χ1n) is 7.90. The van der Waals surface area contributed by atoms with Crippen LogP contribution in [-0.4, -0.2) is 30.7 Å². The summed E-state index contributed by atoms with van der Waals surface area (Å²) in [5.41, 5.74) is 1.28. The lowest BCUT2D eigenvalue weighted by Crippen LogP contribution is -2.37. The summed E-state index contributed by atoms with van der Waals surface area (Å²) in [5, 5.41) is 2.68. The first kappa shape index (κ1) is 18.2. The number of amides is 2. The molecule has 0 unspecified atom stereocenters. The maximum Gasteiger partial charge on any atom is 0.387 e. The fourth-order valence-electron chi connectivity index (χ4n) is 2.56. The van der Waals surface area contributed by atoms with Crippen LogP contribution in [0.2, 0.25) is 0 Å². The Hall–Kier alpha value is -2.61. The van der Waals surface area contributed by atoms with E-state index in [0.717, 1.165) is 10.6 Å². The molecule has 0 bridgehead atoms. The molecule has 2 amide bonds. The number of carbonyl (C=O) groups is 2. The molecule has 0 saturated carbocycles. The third kappa shape index (κ3) is 4.51. The molecule has 0 aliphatic carbocycles. The summed E-state index contributed by atoms with van der Waals surface area (Å²) >= 11 is 1.49.